The molecule has 0 aliphatic heterocycles. The van der Waals surface area contributed by atoms with Crippen LogP contribution in [0.25, 0.3) is 0 Å². The van der Waals surface area contributed by atoms with E-state index in [9.17, 15) is 18.3 Å². The maximum absolute atomic E-state index is 13.5. The van der Waals surface area contributed by atoms with Gasteiger partial charge in [-0.25, -0.2) is 0 Å². The van der Waals surface area contributed by atoms with E-state index < -0.39 is 17.8 Å². The lowest BCUT2D eigenvalue weighted by Gasteiger charge is -2.18. The highest BCUT2D eigenvalue weighted by molar-refractivity contribution is 5.40. The van der Waals surface area contributed by atoms with Crippen LogP contribution in [0.1, 0.15) is 28.4 Å². The smallest absolute Gasteiger partial charge is 0.419 e. The first-order valence-electron chi connectivity index (χ1n) is 9.24. The van der Waals surface area contributed by atoms with Crippen LogP contribution < -0.4 is 10.1 Å². The van der Waals surface area contributed by atoms with E-state index in [1.54, 1.807) is 24.3 Å². The first-order chi connectivity index (χ1) is 13.9. The number of alkyl halides is 3. The van der Waals surface area contributed by atoms with Crippen molar-refractivity contribution < 1.29 is 23.0 Å². The molecule has 1 atom stereocenters. The van der Waals surface area contributed by atoms with Crippen molar-refractivity contribution in [2.24, 2.45) is 0 Å². The van der Waals surface area contributed by atoms with Crippen molar-refractivity contribution in [3.05, 3.63) is 101 Å². The van der Waals surface area contributed by atoms with E-state index in [-0.39, 0.29) is 24.5 Å². The van der Waals surface area contributed by atoms with Gasteiger partial charge in [0.05, 0.1) is 11.7 Å². The minimum atomic E-state index is -4.58. The summed E-state index contributed by atoms with van der Waals surface area (Å²) in [7, 11) is 0. The second-order valence-corrected chi connectivity index (χ2v) is 6.66. The van der Waals surface area contributed by atoms with E-state index in [0.29, 0.717) is 6.54 Å². The zero-order valence-electron chi connectivity index (χ0n) is 15.7. The van der Waals surface area contributed by atoms with Gasteiger partial charge in [0.2, 0.25) is 0 Å². The van der Waals surface area contributed by atoms with Crippen molar-refractivity contribution in [1.29, 1.82) is 0 Å². The molecule has 3 nitrogen and oxygen atoms in total. The van der Waals surface area contributed by atoms with Gasteiger partial charge in [-0.15, -0.1) is 0 Å². The number of rotatable bonds is 8. The Morgan fingerprint density at radius 3 is 2.10 bits per heavy atom. The summed E-state index contributed by atoms with van der Waals surface area (Å²) in [6.45, 7) is 0.684. The van der Waals surface area contributed by atoms with Gasteiger partial charge in [-0.1, -0.05) is 66.7 Å². The van der Waals surface area contributed by atoms with Crippen molar-refractivity contribution >= 4 is 0 Å². The number of halogens is 3. The van der Waals surface area contributed by atoms with Crippen molar-refractivity contribution in [3.63, 3.8) is 0 Å². The number of aliphatic hydroxyl groups excluding tert-OH is 1. The molecular formula is C23H22F3NO2. The zero-order valence-corrected chi connectivity index (χ0v) is 15.7. The van der Waals surface area contributed by atoms with Crippen LogP contribution in [0.5, 0.6) is 5.75 Å². The molecule has 0 aliphatic rings. The zero-order chi connectivity index (χ0) is 20.7. The van der Waals surface area contributed by atoms with Crippen molar-refractivity contribution in [3.8, 4) is 5.75 Å². The molecule has 1 unspecified atom stereocenters. The third-order valence-electron chi connectivity index (χ3n) is 4.44. The van der Waals surface area contributed by atoms with Crippen LogP contribution in [0.3, 0.4) is 0 Å². The van der Waals surface area contributed by atoms with Gasteiger partial charge in [-0.2, -0.15) is 13.2 Å². The summed E-state index contributed by atoms with van der Waals surface area (Å²) in [6.07, 6.45) is -5.65. The Labute approximate surface area is 167 Å². The van der Waals surface area contributed by atoms with E-state index in [1.165, 1.54) is 12.1 Å². The first-order valence-corrected chi connectivity index (χ1v) is 9.24. The van der Waals surface area contributed by atoms with Crippen molar-refractivity contribution in [1.82, 2.24) is 5.32 Å². The average Bonchev–Trinajstić information content (AvgIpc) is 2.73. The summed E-state index contributed by atoms with van der Waals surface area (Å²) in [5.74, 6) is -0.255. The van der Waals surface area contributed by atoms with Crippen LogP contribution in [-0.2, 0) is 19.3 Å². The summed E-state index contributed by atoms with van der Waals surface area (Å²) in [4.78, 5) is 0. The molecule has 0 amide bonds. The van der Waals surface area contributed by atoms with Gasteiger partial charge in [-0.3, -0.25) is 0 Å². The highest BCUT2D eigenvalue weighted by Gasteiger charge is 2.35. The number of aliphatic hydroxyl groups is 1. The molecule has 0 fully saturated rings. The molecule has 0 spiro atoms. The van der Waals surface area contributed by atoms with Crippen LogP contribution in [0.15, 0.2) is 78.9 Å². The molecule has 3 aromatic rings. The molecule has 3 rings (SSSR count). The van der Waals surface area contributed by atoms with E-state index >= 15 is 0 Å². The number of ether oxygens (including phenoxy) is 1. The highest BCUT2D eigenvalue weighted by atomic mass is 19.4. The van der Waals surface area contributed by atoms with E-state index in [1.807, 2.05) is 36.4 Å². The standard InChI is InChI=1S/C23H22F3NO2/c24-23(25,26)20-13-19(21(28)15-27-14-17-7-3-1-4-8-17)11-12-22(20)29-16-18-9-5-2-6-10-18/h1-13,21,27-28H,14-16H2. The molecule has 29 heavy (non-hydrogen) atoms. The minimum Gasteiger partial charge on any atom is -0.488 e. The molecule has 0 aromatic heterocycles. The fourth-order valence-electron chi connectivity index (χ4n) is 2.90. The summed E-state index contributed by atoms with van der Waals surface area (Å²) < 4.78 is 45.9. The van der Waals surface area contributed by atoms with Gasteiger partial charge >= 0.3 is 6.18 Å². The largest absolute Gasteiger partial charge is 0.488 e. The van der Waals surface area contributed by atoms with E-state index in [0.717, 1.165) is 17.2 Å². The minimum absolute atomic E-state index is 0.0322. The number of nitrogens with one attached hydrogen (secondary N) is 1. The van der Waals surface area contributed by atoms with E-state index in [4.69, 9.17) is 4.74 Å². The molecule has 3 aromatic carbocycles. The third kappa shape index (κ3) is 6.07. The maximum atomic E-state index is 13.5. The Hall–Kier alpha value is -2.83. The van der Waals surface area contributed by atoms with Gasteiger partial charge in [-0.05, 0) is 28.8 Å². The average molecular weight is 401 g/mol. The first kappa shape index (κ1) is 20.9. The lowest BCUT2D eigenvalue weighted by atomic mass is 10.0. The Kier molecular flexibility index (Phi) is 6.90. The molecule has 0 heterocycles. The summed E-state index contributed by atoms with van der Waals surface area (Å²) in [5, 5.41) is 13.4. The van der Waals surface area contributed by atoms with Crippen LogP contribution >= 0.6 is 0 Å². The van der Waals surface area contributed by atoms with Crippen molar-refractivity contribution in [2.75, 3.05) is 6.54 Å². The Morgan fingerprint density at radius 2 is 1.48 bits per heavy atom. The number of hydrogen-bond acceptors (Lipinski definition) is 3. The number of benzene rings is 3. The van der Waals surface area contributed by atoms with Crippen LogP contribution in [0, 0.1) is 0 Å². The molecule has 0 saturated heterocycles. The van der Waals surface area contributed by atoms with Crippen LogP contribution in [0.4, 0.5) is 13.2 Å². The second-order valence-electron chi connectivity index (χ2n) is 6.66. The molecule has 0 radical (unpaired) electrons. The normalized spacial score (nSPS) is 12.6. The van der Waals surface area contributed by atoms with Crippen LogP contribution in [-0.4, -0.2) is 11.7 Å². The quantitative estimate of drug-likeness (QED) is 0.551. The Balaban J connectivity index is 1.67. The van der Waals surface area contributed by atoms with Gasteiger partial charge in [0.1, 0.15) is 12.4 Å². The molecule has 2 N–H and O–H groups in total. The molecule has 0 bridgehead atoms. The van der Waals surface area contributed by atoms with E-state index in [2.05, 4.69) is 5.32 Å². The topological polar surface area (TPSA) is 41.5 Å². The van der Waals surface area contributed by atoms with Gasteiger partial charge in [0.15, 0.2) is 0 Å². The lowest BCUT2D eigenvalue weighted by molar-refractivity contribution is -0.139. The van der Waals surface area contributed by atoms with Gasteiger partial charge in [0, 0.05) is 13.1 Å². The maximum Gasteiger partial charge on any atom is 0.419 e. The summed E-state index contributed by atoms with van der Waals surface area (Å²) in [5.41, 5.74) is 1.09. The molecule has 6 heteroatoms. The number of hydrogen-bond donors (Lipinski definition) is 2. The Morgan fingerprint density at radius 1 is 0.862 bits per heavy atom. The monoisotopic (exact) mass is 401 g/mol. The highest BCUT2D eigenvalue weighted by Crippen LogP contribution is 2.38. The van der Waals surface area contributed by atoms with Gasteiger partial charge < -0.3 is 15.2 Å². The van der Waals surface area contributed by atoms with Crippen LogP contribution in [0.2, 0.25) is 0 Å². The fourth-order valence-corrected chi connectivity index (χ4v) is 2.90. The predicted octanol–water partition coefficient (Wildman–Crippen LogP) is 5.11. The molecule has 0 saturated carbocycles. The molecule has 152 valence electrons. The summed E-state index contributed by atoms with van der Waals surface area (Å²) in [6, 6.07) is 22.2. The SMILES string of the molecule is OC(CNCc1ccccc1)c1ccc(OCc2ccccc2)c(C(F)(F)F)c1. The Bertz CT molecular complexity index is 899. The predicted molar refractivity (Wildman–Crippen MR) is 105 cm³/mol. The second kappa shape index (κ2) is 9.58. The third-order valence-corrected chi connectivity index (χ3v) is 4.44. The molecular weight excluding hydrogens is 379 g/mol. The lowest BCUT2D eigenvalue weighted by Crippen LogP contribution is -2.21. The molecule has 0 aliphatic carbocycles. The van der Waals surface area contributed by atoms with Crippen molar-refractivity contribution in [2.45, 2.75) is 25.4 Å². The van der Waals surface area contributed by atoms with Gasteiger partial charge in [0.25, 0.3) is 0 Å². The fraction of sp³-hybridized carbons (Fsp3) is 0.217. The summed E-state index contributed by atoms with van der Waals surface area (Å²) >= 11 is 0.